The van der Waals surface area contributed by atoms with Gasteiger partial charge in [-0.3, -0.25) is 14.4 Å². The molecule has 0 aliphatic carbocycles. The largest absolute Gasteiger partial charge is 0.338 e. The number of hydrogen-bond acceptors (Lipinski definition) is 4. The van der Waals surface area contributed by atoms with Crippen molar-refractivity contribution in [1.29, 1.82) is 0 Å². The van der Waals surface area contributed by atoms with E-state index in [0.717, 1.165) is 18.5 Å². The Balaban J connectivity index is 1.47. The maximum Gasteiger partial charge on any atom is 0.258 e. The molecule has 3 aromatic rings. The quantitative estimate of drug-likeness (QED) is 0.744. The smallest absolute Gasteiger partial charge is 0.258 e. The Morgan fingerprint density at radius 2 is 1.96 bits per heavy atom. The molecule has 136 valence electrons. The van der Waals surface area contributed by atoms with E-state index in [1.54, 1.807) is 30.3 Å². The third-order valence-corrected chi connectivity index (χ3v) is 4.66. The number of nitrogens with zero attached hydrogens (tertiary/aromatic N) is 2. The number of nitrogens with one attached hydrogen (secondary N) is 2. The van der Waals surface area contributed by atoms with Crippen molar-refractivity contribution in [1.82, 2.24) is 14.9 Å². The van der Waals surface area contributed by atoms with Gasteiger partial charge in [-0.1, -0.05) is 12.1 Å². The Bertz CT molecular complexity index is 1070. The lowest BCUT2D eigenvalue weighted by Crippen LogP contribution is -2.23. The molecule has 7 heteroatoms. The molecule has 1 aromatic heterocycles. The number of H-pyrrole nitrogens is 1. The third kappa shape index (κ3) is 3.57. The first-order valence-electron chi connectivity index (χ1n) is 8.76. The highest BCUT2D eigenvalue weighted by molar-refractivity contribution is 6.05. The van der Waals surface area contributed by atoms with E-state index in [2.05, 4.69) is 15.3 Å². The Labute approximate surface area is 155 Å². The summed E-state index contributed by atoms with van der Waals surface area (Å²) in [4.78, 5) is 44.5. The molecule has 1 fully saturated rings. The van der Waals surface area contributed by atoms with Gasteiger partial charge in [0.1, 0.15) is 0 Å². The van der Waals surface area contributed by atoms with E-state index >= 15 is 0 Å². The van der Waals surface area contributed by atoms with E-state index in [-0.39, 0.29) is 17.4 Å². The zero-order valence-corrected chi connectivity index (χ0v) is 14.6. The zero-order chi connectivity index (χ0) is 18.8. The maximum atomic E-state index is 12.5. The molecule has 2 N–H and O–H groups in total. The van der Waals surface area contributed by atoms with Gasteiger partial charge >= 0.3 is 0 Å². The minimum absolute atomic E-state index is 0.178. The molecule has 27 heavy (non-hydrogen) atoms. The Morgan fingerprint density at radius 1 is 1.15 bits per heavy atom. The first-order chi connectivity index (χ1) is 13.1. The van der Waals surface area contributed by atoms with Gasteiger partial charge in [0, 0.05) is 30.8 Å². The van der Waals surface area contributed by atoms with E-state index in [0.29, 0.717) is 35.1 Å². The van der Waals surface area contributed by atoms with Gasteiger partial charge in [0.05, 0.1) is 17.2 Å². The van der Waals surface area contributed by atoms with Gasteiger partial charge in [-0.15, -0.1) is 0 Å². The van der Waals surface area contributed by atoms with Crippen molar-refractivity contribution in [2.75, 3.05) is 11.9 Å². The monoisotopic (exact) mass is 362 g/mol. The van der Waals surface area contributed by atoms with Crippen LogP contribution < -0.4 is 10.9 Å². The lowest BCUT2D eigenvalue weighted by atomic mass is 10.1. The highest BCUT2D eigenvalue weighted by Crippen LogP contribution is 2.17. The molecule has 2 aromatic carbocycles. The predicted molar refractivity (Wildman–Crippen MR) is 101 cm³/mol. The van der Waals surface area contributed by atoms with Crippen LogP contribution in [0.1, 0.15) is 28.8 Å². The molecule has 7 nitrogen and oxygen atoms in total. The van der Waals surface area contributed by atoms with Crippen LogP contribution in [0.3, 0.4) is 0 Å². The van der Waals surface area contributed by atoms with E-state index < -0.39 is 0 Å². The average Bonchev–Trinajstić information content (AvgIpc) is 3.07. The zero-order valence-electron chi connectivity index (χ0n) is 14.6. The molecule has 0 radical (unpaired) electrons. The fraction of sp³-hybridized carbons (Fsp3) is 0.200. The third-order valence-electron chi connectivity index (χ3n) is 4.66. The lowest BCUT2D eigenvalue weighted by Gasteiger charge is -2.15. The fourth-order valence-electron chi connectivity index (χ4n) is 3.20. The number of carbonyl (C=O) groups is 2. The van der Waals surface area contributed by atoms with Crippen LogP contribution in [0.4, 0.5) is 5.69 Å². The summed E-state index contributed by atoms with van der Waals surface area (Å²) < 4.78 is 0. The highest BCUT2D eigenvalue weighted by atomic mass is 16.2. The van der Waals surface area contributed by atoms with Crippen molar-refractivity contribution in [2.24, 2.45) is 0 Å². The molecule has 1 saturated heterocycles. The Hall–Kier alpha value is -3.48. The van der Waals surface area contributed by atoms with Crippen molar-refractivity contribution in [3.63, 3.8) is 0 Å². The van der Waals surface area contributed by atoms with E-state index in [4.69, 9.17) is 0 Å². The molecule has 0 bridgehead atoms. The second kappa shape index (κ2) is 7.03. The van der Waals surface area contributed by atoms with Gasteiger partial charge in [-0.05, 0) is 42.3 Å². The number of aromatic amines is 1. The Kier molecular flexibility index (Phi) is 4.42. The van der Waals surface area contributed by atoms with Crippen LogP contribution in [-0.4, -0.2) is 33.2 Å². The lowest BCUT2D eigenvalue weighted by molar-refractivity contribution is -0.128. The number of benzene rings is 2. The first kappa shape index (κ1) is 17.0. The van der Waals surface area contributed by atoms with Crippen LogP contribution in [0.5, 0.6) is 0 Å². The molecule has 1 aliphatic heterocycles. The molecule has 2 heterocycles. The van der Waals surface area contributed by atoms with Crippen molar-refractivity contribution < 1.29 is 9.59 Å². The molecule has 2 amide bonds. The second-order valence-corrected chi connectivity index (χ2v) is 6.53. The van der Waals surface area contributed by atoms with Gasteiger partial charge < -0.3 is 15.2 Å². The topological polar surface area (TPSA) is 95.2 Å². The number of rotatable bonds is 4. The first-order valence-corrected chi connectivity index (χ1v) is 8.76. The summed E-state index contributed by atoms with van der Waals surface area (Å²) in [5.74, 6) is -0.0870. The average molecular weight is 362 g/mol. The molecule has 0 saturated carbocycles. The van der Waals surface area contributed by atoms with Crippen LogP contribution in [0, 0.1) is 0 Å². The molecule has 0 atom stereocenters. The fourth-order valence-corrected chi connectivity index (χ4v) is 3.20. The van der Waals surface area contributed by atoms with E-state index in [1.807, 2.05) is 17.0 Å². The van der Waals surface area contributed by atoms with Crippen LogP contribution in [0.25, 0.3) is 10.9 Å². The van der Waals surface area contributed by atoms with Crippen molar-refractivity contribution in [3.8, 4) is 0 Å². The SMILES string of the molecule is O=C(Nc1ccc2nc[nH]c(=O)c2c1)c1ccc(CN2CCCC2=O)cc1. The van der Waals surface area contributed by atoms with Gasteiger partial charge in [0.2, 0.25) is 5.91 Å². The van der Waals surface area contributed by atoms with Crippen LogP contribution in [-0.2, 0) is 11.3 Å². The number of anilines is 1. The number of aromatic nitrogens is 2. The summed E-state index contributed by atoms with van der Waals surface area (Å²) in [6, 6.07) is 12.2. The summed E-state index contributed by atoms with van der Waals surface area (Å²) in [5, 5.41) is 3.21. The highest BCUT2D eigenvalue weighted by Gasteiger charge is 2.20. The number of hydrogen-bond donors (Lipinski definition) is 2. The van der Waals surface area contributed by atoms with Crippen molar-refractivity contribution >= 4 is 28.4 Å². The minimum atomic E-state index is -0.265. The van der Waals surface area contributed by atoms with Crippen molar-refractivity contribution in [2.45, 2.75) is 19.4 Å². The van der Waals surface area contributed by atoms with Crippen LogP contribution in [0.2, 0.25) is 0 Å². The minimum Gasteiger partial charge on any atom is -0.338 e. The number of amides is 2. The number of carbonyl (C=O) groups excluding carboxylic acids is 2. The van der Waals surface area contributed by atoms with E-state index in [1.165, 1.54) is 6.33 Å². The van der Waals surface area contributed by atoms with Crippen LogP contribution in [0.15, 0.2) is 53.6 Å². The standard InChI is InChI=1S/C20H18N4O3/c25-18-2-1-9-24(18)11-13-3-5-14(6-4-13)19(26)23-15-7-8-17-16(10-15)20(27)22-12-21-17/h3-8,10,12H,1-2,9,11H2,(H,23,26)(H,21,22,27). The summed E-state index contributed by atoms with van der Waals surface area (Å²) in [6.07, 6.45) is 2.87. The molecule has 4 rings (SSSR count). The van der Waals surface area contributed by atoms with Crippen molar-refractivity contribution in [3.05, 3.63) is 70.3 Å². The summed E-state index contributed by atoms with van der Waals surface area (Å²) in [7, 11) is 0. The maximum absolute atomic E-state index is 12.5. The number of likely N-dealkylation sites (tertiary alicyclic amines) is 1. The normalized spacial score (nSPS) is 13.9. The molecule has 0 unspecified atom stereocenters. The van der Waals surface area contributed by atoms with Gasteiger partial charge in [-0.25, -0.2) is 4.98 Å². The molecule has 1 aliphatic rings. The molecule has 0 spiro atoms. The summed E-state index contributed by atoms with van der Waals surface area (Å²) >= 11 is 0. The predicted octanol–water partition coefficient (Wildman–Crippen LogP) is 2.30. The van der Waals surface area contributed by atoms with Gasteiger partial charge in [0.25, 0.3) is 11.5 Å². The molecular weight excluding hydrogens is 344 g/mol. The van der Waals surface area contributed by atoms with E-state index in [9.17, 15) is 14.4 Å². The second-order valence-electron chi connectivity index (χ2n) is 6.53. The van der Waals surface area contributed by atoms with Gasteiger partial charge in [0.15, 0.2) is 0 Å². The van der Waals surface area contributed by atoms with Gasteiger partial charge in [-0.2, -0.15) is 0 Å². The van der Waals surface area contributed by atoms with Crippen LogP contribution >= 0.6 is 0 Å². The summed E-state index contributed by atoms with van der Waals surface area (Å²) in [6.45, 7) is 1.36. The number of fused-ring (bicyclic) bond motifs is 1. The summed E-state index contributed by atoms with van der Waals surface area (Å²) in [5.41, 5.74) is 2.34. The Morgan fingerprint density at radius 3 is 2.70 bits per heavy atom. The molecular formula is C20H18N4O3.